The first-order chi connectivity index (χ1) is 15.0. The number of anilines is 2. The number of hydrogen-bond donors (Lipinski definition) is 2. The zero-order valence-corrected chi connectivity index (χ0v) is 17.6. The van der Waals surface area contributed by atoms with Crippen LogP contribution in [0.25, 0.3) is 0 Å². The highest BCUT2D eigenvalue weighted by Crippen LogP contribution is 2.32. The van der Waals surface area contributed by atoms with E-state index in [9.17, 15) is 14.3 Å². The van der Waals surface area contributed by atoms with Gasteiger partial charge in [-0.1, -0.05) is 35.9 Å². The van der Waals surface area contributed by atoms with Crippen LogP contribution in [0.4, 0.5) is 15.9 Å². The SMILES string of the molecule is O=C(c1cccnc1Nc1ccccc1F)N1CCC(C(O)c2ccc(Cl)cc2)CC1. The van der Waals surface area contributed by atoms with Crippen LogP contribution in [0.15, 0.2) is 66.9 Å². The van der Waals surface area contributed by atoms with Gasteiger partial charge in [-0.25, -0.2) is 9.37 Å². The van der Waals surface area contributed by atoms with E-state index >= 15 is 0 Å². The van der Waals surface area contributed by atoms with Crippen LogP contribution in [-0.4, -0.2) is 34.0 Å². The van der Waals surface area contributed by atoms with E-state index in [2.05, 4.69) is 10.3 Å². The Morgan fingerprint density at radius 2 is 1.81 bits per heavy atom. The Hall–Kier alpha value is -2.96. The maximum absolute atomic E-state index is 14.0. The summed E-state index contributed by atoms with van der Waals surface area (Å²) in [5, 5.41) is 14.3. The molecule has 0 bridgehead atoms. The van der Waals surface area contributed by atoms with Crippen LogP contribution < -0.4 is 5.32 Å². The van der Waals surface area contributed by atoms with Crippen molar-refractivity contribution in [2.45, 2.75) is 18.9 Å². The first kappa shape index (κ1) is 21.3. The lowest BCUT2D eigenvalue weighted by Gasteiger charge is -2.34. The van der Waals surface area contributed by atoms with E-state index in [0.717, 1.165) is 5.56 Å². The van der Waals surface area contributed by atoms with Crippen molar-refractivity contribution in [1.82, 2.24) is 9.88 Å². The number of aliphatic hydroxyl groups is 1. The summed E-state index contributed by atoms with van der Waals surface area (Å²) in [4.78, 5) is 19.2. The minimum atomic E-state index is -0.591. The van der Waals surface area contributed by atoms with Gasteiger partial charge in [0.2, 0.25) is 0 Å². The Morgan fingerprint density at radius 3 is 2.52 bits per heavy atom. The Bertz CT molecular complexity index is 1050. The number of nitrogens with zero attached hydrogens (tertiary/aromatic N) is 2. The number of piperidine rings is 1. The largest absolute Gasteiger partial charge is 0.388 e. The third kappa shape index (κ3) is 4.86. The number of nitrogens with one attached hydrogen (secondary N) is 1. The quantitative estimate of drug-likeness (QED) is 0.573. The van der Waals surface area contributed by atoms with Gasteiger partial charge in [-0.15, -0.1) is 0 Å². The summed E-state index contributed by atoms with van der Waals surface area (Å²) in [5.74, 6) is -0.189. The Morgan fingerprint density at radius 1 is 1.10 bits per heavy atom. The highest BCUT2D eigenvalue weighted by atomic mass is 35.5. The van der Waals surface area contributed by atoms with Gasteiger partial charge in [-0.2, -0.15) is 0 Å². The van der Waals surface area contributed by atoms with Gasteiger partial charge in [0.15, 0.2) is 0 Å². The predicted molar refractivity (Wildman–Crippen MR) is 119 cm³/mol. The zero-order valence-electron chi connectivity index (χ0n) is 16.8. The molecule has 3 aromatic rings. The number of aliphatic hydroxyl groups excluding tert-OH is 1. The van der Waals surface area contributed by atoms with Gasteiger partial charge in [0.25, 0.3) is 5.91 Å². The fraction of sp³-hybridized carbons (Fsp3) is 0.250. The van der Waals surface area contributed by atoms with Gasteiger partial charge in [0.05, 0.1) is 17.4 Å². The van der Waals surface area contributed by atoms with Crippen LogP contribution in [0.5, 0.6) is 0 Å². The summed E-state index contributed by atoms with van der Waals surface area (Å²) in [6, 6.07) is 16.9. The van der Waals surface area contributed by atoms with E-state index < -0.39 is 11.9 Å². The van der Waals surface area contributed by atoms with E-state index in [4.69, 9.17) is 11.6 Å². The molecule has 31 heavy (non-hydrogen) atoms. The van der Waals surface area contributed by atoms with Crippen molar-refractivity contribution >= 4 is 29.0 Å². The minimum absolute atomic E-state index is 0.0649. The molecule has 1 aromatic heterocycles. The van der Waals surface area contributed by atoms with E-state index in [1.807, 2.05) is 12.1 Å². The van der Waals surface area contributed by atoms with Crippen molar-refractivity contribution in [3.05, 3.63) is 88.8 Å². The molecule has 7 heteroatoms. The summed E-state index contributed by atoms with van der Waals surface area (Å²) < 4.78 is 14.0. The molecule has 0 saturated carbocycles. The van der Waals surface area contributed by atoms with E-state index in [0.29, 0.717) is 42.3 Å². The maximum Gasteiger partial charge on any atom is 0.257 e. The standard InChI is InChI=1S/C24H23ClFN3O2/c25-18-9-7-16(8-10-18)22(30)17-11-14-29(15-12-17)24(31)19-4-3-13-27-23(19)28-21-6-2-1-5-20(21)26/h1-10,13,17,22,30H,11-12,14-15H2,(H,27,28). The third-order valence-electron chi connectivity index (χ3n) is 5.65. The number of pyridine rings is 1. The maximum atomic E-state index is 14.0. The van der Waals surface area contributed by atoms with Crippen molar-refractivity contribution < 1.29 is 14.3 Å². The molecule has 0 aliphatic carbocycles. The Kier molecular flexibility index (Phi) is 6.49. The van der Waals surface area contributed by atoms with Crippen LogP contribution in [0.3, 0.4) is 0 Å². The monoisotopic (exact) mass is 439 g/mol. The predicted octanol–water partition coefficient (Wildman–Crippen LogP) is 5.20. The van der Waals surface area contributed by atoms with Gasteiger partial charge in [-0.05, 0) is 60.7 Å². The molecule has 0 spiro atoms. The van der Waals surface area contributed by atoms with Crippen LogP contribution in [-0.2, 0) is 0 Å². The lowest BCUT2D eigenvalue weighted by atomic mass is 9.87. The number of aromatic nitrogens is 1. The number of para-hydroxylation sites is 1. The second-order valence-electron chi connectivity index (χ2n) is 7.63. The second kappa shape index (κ2) is 9.45. The van der Waals surface area contributed by atoms with Crippen molar-refractivity contribution in [3.63, 3.8) is 0 Å². The molecular weight excluding hydrogens is 417 g/mol. The summed E-state index contributed by atoms with van der Waals surface area (Å²) in [6.45, 7) is 1.06. The number of benzene rings is 2. The molecule has 1 aliphatic rings. The van der Waals surface area contributed by atoms with E-state index in [-0.39, 0.29) is 17.5 Å². The number of amides is 1. The van der Waals surface area contributed by atoms with Crippen molar-refractivity contribution in [2.75, 3.05) is 18.4 Å². The third-order valence-corrected chi connectivity index (χ3v) is 5.90. The fourth-order valence-electron chi connectivity index (χ4n) is 3.89. The molecule has 160 valence electrons. The van der Waals surface area contributed by atoms with Crippen LogP contribution in [0.1, 0.15) is 34.9 Å². The topological polar surface area (TPSA) is 65.5 Å². The molecule has 1 unspecified atom stereocenters. The first-order valence-corrected chi connectivity index (χ1v) is 10.6. The lowest BCUT2D eigenvalue weighted by Crippen LogP contribution is -2.40. The molecule has 1 atom stereocenters. The molecule has 2 aromatic carbocycles. The molecule has 1 amide bonds. The van der Waals surface area contributed by atoms with E-state index in [1.165, 1.54) is 6.07 Å². The van der Waals surface area contributed by atoms with Gasteiger partial charge in [0, 0.05) is 24.3 Å². The molecule has 2 N–H and O–H groups in total. The first-order valence-electron chi connectivity index (χ1n) is 10.2. The van der Waals surface area contributed by atoms with Gasteiger partial charge < -0.3 is 15.3 Å². The fourth-order valence-corrected chi connectivity index (χ4v) is 4.01. The van der Waals surface area contributed by atoms with Crippen LogP contribution in [0.2, 0.25) is 5.02 Å². The van der Waals surface area contributed by atoms with E-state index in [1.54, 1.807) is 53.6 Å². The Labute approximate surface area is 185 Å². The summed E-state index contributed by atoms with van der Waals surface area (Å²) in [6.07, 6.45) is 2.35. The van der Waals surface area contributed by atoms with Gasteiger partial charge in [-0.3, -0.25) is 4.79 Å². The van der Waals surface area contributed by atoms with Gasteiger partial charge in [0.1, 0.15) is 11.6 Å². The number of hydrogen-bond acceptors (Lipinski definition) is 4. The Balaban J connectivity index is 1.43. The molecule has 4 rings (SSSR count). The second-order valence-corrected chi connectivity index (χ2v) is 8.07. The zero-order chi connectivity index (χ0) is 21.8. The molecule has 1 saturated heterocycles. The molecule has 1 fully saturated rings. The highest BCUT2D eigenvalue weighted by Gasteiger charge is 2.29. The van der Waals surface area contributed by atoms with Crippen molar-refractivity contribution in [1.29, 1.82) is 0 Å². The number of carbonyl (C=O) groups is 1. The normalized spacial score (nSPS) is 15.5. The lowest BCUT2D eigenvalue weighted by molar-refractivity contribution is 0.0463. The summed E-state index contributed by atoms with van der Waals surface area (Å²) >= 11 is 5.93. The smallest absolute Gasteiger partial charge is 0.257 e. The van der Waals surface area contributed by atoms with Crippen LogP contribution >= 0.6 is 11.6 Å². The number of likely N-dealkylation sites (tertiary alicyclic amines) is 1. The van der Waals surface area contributed by atoms with Crippen molar-refractivity contribution in [2.24, 2.45) is 5.92 Å². The molecular formula is C24H23ClFN3O2. The number of carbonyl (C=O) groups excluding carboxylic acids is 1. The van der Waals surface area contributed by atoms with Crippen LogP contribution in [0, 0.1) is 11.7 Å². The minimum Gasteiger partial charge on any atom is -0.388 e. The highest BCUT2D eigenvalue weighted by molar-refractivity contribution is 6.30. The number of rotatable bonds is 5. The molecule has 2 heterocycles. The van der Waals surface area contributed by atoms with Gasteiger partial charge >= 0.3 is 0 Å². The molecule has 0 radical (unpaired) electrons. The van der Waals surface area contributed by atoms with Crippen molar-refractivity contribution in [3.8, 4) is 0 Å². The average Bonchev–Trinajstić information content (AvgIpc) is 2.81. The summed E-state index contributed by atoms with van der Waals surface area (Å²) in [7, 11) is 0. The average molecular weight is 440 g/mol. The molecule has 1 aliphatic heterocycles. The number of halogens is 2. The summed E-state index contributed by atoms with van der Waals surface area (Å²) in [5.41, 5.74) is 1.49. The molecule has 5 nitrogen and oxygen atoms in total.